The number of hydrogen-bond acceptors (Lipinski definition) is 4. The molecule has 1 fully saturated rings. The van der Waals surface area contributed by atoms with Gasteiger partial charge in [-0.25, -0.2) is 12.7 Å². The van der Waals surface area contributed by atoms with E-state index in [2.05, 4.69) is 0 Å². The molecule has 0 bridgehead atoms. The molecular weight excluding hydrogens is 248 g/mol. The smallest absolute Gasteiger partial charge is 0.223 e. The van der Waals surface area contributed by atoms with Crippen LogP contribution in [0.2, 0.25) is 0 Å². The quantitative estimate of drug-likeness (QED) is 0.731. The van der Waals surface area contributed by atoms with Crippen molar-refractivity contribution in [1.82, 2.24) is 4.31 Å². The van der Waals surface area contributed by atoms with Gasteiger partial charge in [0.25, 0.3) is 0 Å². The Kier molecular flexibility index (Phi) is 4.66. The lowest BCUT2D eigenvalue weighted by atomic mass is 10.1. The monoisotopic (exact) mass is 266 g/mol. The number of ether oxygens (including phenoxy) is 1. The van der Waals surface area contributed by atoms with Crippen molar-refractivity contribution in [2.75, 3.05) is 20.3 Å². The third kappa shape index (κ3) is 2.91. The molecule has 1 saturated heterocycles. The fourth-order valence-corrected chi connectivity index (χ4v) is 3.44. The van der Waals surface area contributed by atoms with Crippen molar-refractivity contribution in [3.8, 4) is 0 Å². The molecule has 1 heterocycles. The zero-order chi connectivity index (χ0) is 12.3. The second kappa shape index (κ2) is 5.39. The van der Waals surface area contributed by atoms with E-state index in [1.54, 1.807) is 7.05 Å². The zero-order valence-corrected chi connectivity index (χ0v) is 11.2. The molecule has 0 saturated carbocycles. The van der Waals surface area contributed by atoms with E-state index in [0.29, 0.717) is 13.2 Å². The van der Waals surface area contributed by atoms with Crippen molar-refractivity contribution < 1.29 is 13.2 Å². The Morgan fingerprint density at radius 2 is 2.00 bits per heavy atom. The van der Waals surface area contributed by atoms with Crippen molar-refractivity contribution in [2.45, 2.75) is 31.1 Å². The normalized spacial score (nSPS) is 20.9. The summed E-state index contributed by atoms with van der Waals surface area (Å²) in [7, 11) is -1.84. The van der Waals surface area contributed by atoms with Gasteiger partial charge in [0, 0.05) is 26.3 Å². The molecule has 94 valence electrons. The Morgan fingerprint density at radius 1 is 1.50 bits per heavy atom. The average molecular weight is 266 g/mol. The van der Waals surface area contributed by atoms with Crippen molar-refractivity contribution >= 4 is 27.2 Å². The van der Waals surface area contributed by atoms with Gasteiger partial charge in [-0.3, -0.25) is 0 Å². The molecule has 0 radical (unpaired) electrons. The SMILES string of the molecule is CC(C(N)=S)S(=O)(=O)N(C)C1CCOCC1. The summed E-state index contributed by atoms with van der Waals surface area (Å²) >= 11 is 4.73. The van der Waals surface area contributed by atoms with E-state index in [-0.39, 0.29) is 11.0 Å². The molecule has 0 aliphatic carbocycles. The van der Waals surface area contributed by atoms with Gasteiger partial charge in [-0.1, -0.05) is 12.2 Å². The third-order valence-corrected chi connectivity index (χ3v) is 5.71. The van der Waals surface area contributed by atoms with Crippen LogP contribution in [-0.2, 0) is 14.8 Å². The topological polar surface area (TPSA) is 72.6 Å². The maximum atomic E-state index is 12.1. The van der Waals surface area contributed by atoms with Crippen LogP contribution in [0, 0.1) is 0 Å². The van der Waals surface area contributed by atoms with Gasteiger partial charge >= 0.3 is 0 Å². The van der Waals surface area contributed by atoms with Crippen LogP contribution in [0.1, 0.15) is 19.8 Å². The fraction of sp³-hybridized carbons (Fsp3) is 0.889. The minimum absolute atomic E-state index is 0.00412. The van der Waals surface area contributed by atoms with Crippen LogP contribution in [0.3, 0.4) is 0 Å². The standard InChI is InChI=1S/C9H18N2O3S2/c1-7(9(10)15)16(12,13)11(2)8-3-5-14-6-4-8/h7-8H,3-6H2,1-2H3,(H2,10,15). The van der Waals surface area contributed by atoms with Crippen molar-refractivity contribution in [3.63, 3.8) is 0 Å². The number of nitrogens with two attached hydrogens (primary N) is 1. The van der Waals surface area contributed by atoms with Crippen LogP contribution in [0.4, 0.5) is 0 Å². The maximum absolute atomic E-state index is 12.1. The lowest BCUT2D eigenvalue weighted by molar-refractivity contribution is 0.0631. The van der Waals surface area contributed by atoms with Gasteiger partial charge in [0.1, 0.15) is 5.25 Å². The summed E-state index contributed by atoms with van der Waals surface area (Å²) in [5.74, 6) is 0. The van der Waals surface area contributed by atoms with E-state index in [1.807, 2.05) is 0 Å². The van der Waals surface area contributed by atoms with Crippen LogP contribution in [0.25, 0.3) is 0 Å². The molecule has 5 nitrogen and oxygen atoms in total. The van der Waals surface area contributed by atoms with Crippen molar-refractivity contribution in [3.05, 3.63) is 0 Å². The molecule has 1 aliphatic rings. The molecule has 0 aromatic carbocycles. The summed E-state index contributed by atoms with van der Waals surface area (Å²) in [6.07, 6.45) is 1.44. The predicted molar refractivity (Wildman–Crippen MR) is 66.8 cm³/mol. The van der Waals surface area contributed by atoms with Gasteiger partial charge in [-0.2, -0.15) is 0 Å². The summed E-state index contributed by atoms with van der Waals surface area (Å²) in [6.45, 7) is 2.73. The minimum atomic E-state index is -3.43. The molecule has 0 amide bonds. The highest BCUT2D eigenvalue weighted by Gasteiger charge is 2.33. The highest BCUT2D eigenvalue weighted by atomic mass is 32.2. The lowest BCUT2D eigenvalue weighted by Gasteiger charge is -2.32. The van der Waals surface area contributed by atoms with E-state index in [9.17, 15) is 8.42 Å². The van der Waals surface area contributed by atoms with Gasteiger partial charge in [-0.15, -0.1) is 0 Å². The van der Waals surface area contributed by atoms with Crippen molar-refractivity contribution in [1.29, 1.82) is 0 Å². The van der Waals surface area contributed by atoms with Gasteiger partial charge in [0.05, 0.1) is 4.99 Å². The summed E-state index contributed by atoms with van der Waals surface area (Å²) < 4.78 is 30.8. The van der Waals surface area contributed by atoms with Crippen LogP contribution >= 0.6 is 12.2 Å². The molecule has 1 aliphatic heterocycles. The molecule has 1 atom stereocenters. The van der Waals surface area contributed by atoms with Crippen LogP contribution < -0.4 is 5.73 Å². The van der Waals surface area contributed by atoms with Gasteiger partial charge in [-0.05, 0) is 19.8 Å². The molecule has 0 aromatic heterocycles. The fourth-order valence-electron chi connectivity index (χ4n) is 1.65. The first-order chi connectivity index (χ1) is 7.37. The third-order valence-electron chi connectivity index (χ3n) is 2.95. The summed E-state index contributed by atoms with van der Waals surface area (Å²) in [5, 5.41) is -0.810. The molecule has 16 heavy (non-hydrogen) atoms. The summed E-state index contributed by atoms with van der Waals surface area (Å²) in [6, 6.07) is -0.00412. The second-order valence-electron chi connectivity index (χ2n) is 3.95. The second-order valence-corrected chi connectivity index (χ2v) is 6.73. The van der Waals surface area contributed by atoms with Crippen LogP contribution in [0.15, 0.2) is 0 Å². The lowest BCUT2D eigenvalue weighted by Crippen LogP contribution is -2.47. The van der Waals surface area contributed by atoms with Gasteiger partial charge in [0.15, 0.2) is 0 Å². The molecule has 7 heteroatoms. The molecular formula is C9H18N2O3S2. The Morgan fingerprint density at radius 3 is 2.44 bits per heavy atom. The number of hydrogen-bond donors (Lipinski definition) is 1. The Hall–Kier alpha value is -0.240. The number of thiocarbonyl (C=S) groups is 1. The van der Waals surface area contributed by atoms with E-state index in [0.717, 1.165) is 12.8 Å². The molecule has 0 spiro atoms. The van der Waals surface area contributed by atoms with Crippen molar-refractivity contribution in [2.24, 2.45) is 5.73 Å². The van der Waals surface area contributed by atoms with Crippen LogP contribution in [-0.4, -0.2) is 49.3 Å². The predicted octanol–water partition coefficient (Wildman–Crippen LogP) is 0.102. The van der Waals surface area contributed by atoms with Gasteiger partial charge in [0.2, 0.25) is 10.0 Å². The summed E-state index contributed by atoms with van der Waals surface area (Å²) in [5.41, 5.74) is 5.39. The van der Waals surface area contributed by atoms with E-state index in [4.69, 9.17) is 22.7 Å². The number of nitrogens with zero attached hydrogens (tertiary/aromatic N) is 1. The Labute approximate surface area is 102 Å². The number of sulfonamides is 1. The Balaban J connectivity index is 2.78. The van der Waals surface area contributed by atoms with E-state index < -0.39 is 15.3 Å². The highest BCUT2D eigenvalue weighted by Crippen LogP contribution is 2.18. The van der Waals surface area contributed by atoms with Gasteiger partial charge < -0.3 is 10.5 Å². The summed E-state index contributed by atoms with van der Waals surface area (Å²) in [4.78, 5) is 0.0129. The molecule has 1 unspecified atom stereocenters. The minimum Gasteiger partial charge on any atom is -0.392 e. The van der Waals surface area contributed by atoms with E-state index in [1.165, 1.54) is 11.2 Å². The highest BCUT2D eigenvalue weighted by molar-refractivity contribution is 7.92. The number of rotatable bonds is 4. The average Bonchev–Trinajstić information content (AvgIpc) is 2.28. The molecule has 1 rings (SSSR count). The zero-order valence-electron chi connectivity index (χ0n) is 9.55. The van der Waals surface area contributed by atoms with E-state index >= 15 is 0 Å². The first-order valence-electron chi connectivity index (χ1n) is 5.21. The largest absolute Gasteiger partial charge is 0.392 e. The first-order valence-corrected chi connectivity index (χ1v) is 7.12. The Bertz CT molecular complexity index is 350. The molecule has 0 aromatic rings. The maximum Gasteiger partial charge on any atom is 0.223 e. The molecule has 2 N–H and O–H groups in total. The van der Waals surface area contributed by atoms with Crippen LogP contribution in [0.5, 0.6) is 0 Å². The first kappa shape index (κ1) is 13.8.